The number of carbonyl (C=O) groups is 1. The number of rotatable bonds is 5. The minimum atomic E-state index is -2.61. The van der Waals surface area contributed by atoms with Crippen molar-refractivity contribution in [3.05, 3.63) is 91.0 Å². The van der Waals surface area contributed by atoms with Gasteiger partial charge in [0.15, 0.2) is 0 Å². The number of esters is 1. The van der Waals surface area contributed by atoms with Gasteiger partial charge in [0, 0.05) is 6.42 Å². The third-order valence-electron chi connectivity index (χ3n) is 5.89. The lowest BCUT2D eigenvalue weighted by molar-refractivity contribution is -0.153. The molecule has 4 heteroatoms. The molecule has 1 fully saturated rings. The van der Waals surface area contributed by atoms with Crippen LogP contribution in [0.3, 0.4) is 0 Å². The molecule has 1 aliphatic rings. The van der Waals surface area contributed by atoms with E-state index in [9.17, 15) is 4.79 Å². The molecule has 3 aromatic rings. The molecule has 0 saturated carbocycles. The zero-order valence-electron chi connectivity index (χ0n) is 16.8. The van der Waals surface area contributed by atoms with Crippen molar-refractivity contribution in [2.75, 3.05) is 7.05 Å². The third-order valence-corrected chi connectivity index (χ3v) is 10.7. The normalized spacial score (nSPS) is 17.6. The molecule has 3 nitrogen and oxygen atoms in total. The largest absolute Gasteiger partial charge is 0.447 e. The Hall–Kier alpha value is -2.69. The van der Waals surface area contributed by atoms with Gasteiger partial charge in [0.2, 0.25) is 8.24 Å². The minimum absolute atomic E-state index is 0.0866. The summed E-state index contributed by atoms with van der Waals surface area (Å²) in [6.45, 7) is 0. The maximum atomic E-state index is 12.3. The number of cyclic esters (lactones) is 1. The zero-order valence-corrected chi connectivity index (χ0v) is 17.8. The van der Waals surface area contributed by atoms with Crippen molar-refractivity contribution in [3.63, 3.8) is 0 Å². The number of benzene rings is 3. The van der Waals surface area contributed by atoms with Crippen LogP contribution in [0.15, 0.2) is 91.0 Å². The molecule has 1 atom stereocenters. The second-order valence-corrected chi connectivity index (χ2v) is 11.5. The summed E-state index contributed by atoms with van der Waals surface area (Å²) in [5.74, 6) is -0.0866. The van der Waals surface area contributed by atoms with Gasteiger partial charge in [0.25, 0.3) is 0 Å². The van der Waals surface area contributed by atoms with Crippen molar-refractivity contribution in [1.82, 2.24) is 4.57 Å². The maximum Gasteiger partial charge on any atom is 0.307 e. The lowest BCUT2D eigenvalue weighted by Crippen LogP contribution is -2.78. The standard InChI is InChI=1S/C25H27NO2Si/c1-26(24-19-11-12-20-25(27)28-24)29(21-13-5-2-6-14-21,22-15-7-3-8-16-22)23-17-9-4-10-18-23/h2-10,13-18,24H,11-12,19-20H2,1H3. The summed E-state index contributed by atoms with van der Waals surface area (Å²) in [6.07, 6.45) is 3.06. The second-order valence-electron chi connectivity index (χ2n) is 7.61. The minimum Gasteiger partial charge on any atom is -0.447 e. The first-order chi connectivity index (χ1) is 14.2. The van der Waals surface area contributed by atoms with Crippen molar-refractivity contribution < 1.29 is 9.53 Å². The Morgan fingerprint density at radius 2 is 1.21 bits per heavy atom. The van der Waals surface area contributed by atoms with Crippen LogP contribution >= 0.6 is 0 Å². The highest BCUT2D eigenvalue weighted by Crippen LogP contribution is 2.22. The average Bonchev–Trinajstić information content (AvgIpc) is 3.01. The molecule has 0 aromatic heterocycles. The topological polar surface area (TPSA) is 29.5 Å². The molecule has 0 bridgehead atoms. The molecule has 0 radical (unpaired) electrons. The van der Waals surface area contributed by atoms with Crippen LogP contribution in [0.25, 0.3) is 0 Å². The highest BCUT2D eigenvalue weighted by Gasteiger charge is 2.47. The Kier molecular flexibility index (Phi) is 5.93. The van der Waals surface area contributed by atoms with Crippen LogP contribution in [0.2, 0.25) is 0 Å². The first kappa shape index (κ1) is 19.6. The smallest absolute Gasteiger partial charge is 0.307 e. The van der Waals surface area contributed by atoms with E-state index in [1.807, 2.05) is 0 Å². The quantitative estimate of drug-likeness (QED) is 0.374. The number of hydrogen-bond donors (Lipinski definition) is 0. The summed E-state index contributed by atoms with van der Waals surface area (Å²) in [5, 5.41) is 3.88. The molecule has 148 valence electrons. The Bertz CT molecular complexity index is 834. The highest BCUT2D eigenvalue weighted by molar-refractivity contribution is 7.09. The number of hydrogen-bond acceptors (Lipinski definition) is 3. The van der Waals surface area contributed by atoms with E-state index < -0.39 is 8.24 Å². The first-order valence-corrected chi connectivity index (χ1v) is 12.3. The third kappa shape index (κ3) is 3.78. The summed E-state index contributed by atoms with van der Waals surface area (Å²) in [6, 6.07) is 32.2. The molecule has 0 N–H and O–H groups in total. The van der Waals surface area contributed by atoms with Crippen LogP contribution in [0, 0.1) is 0 Å². The molecule has 3 aromatic carbocycles. The lowest BCUT2D eigenvalue weighted by atomic mass is 10.2. The molecule has 0 amide bonds. The first-order valence-electron chi connectivity index (χ1n) is 10.3. The summed E-state index contributed by atoms with van der Waals surface area (Å²) < 4.78 is 8.35. The summed E-state index contributed by atoms with van der Waals surface area (Å²) in [5.41, 5.74) is 0. The van der Waals surface area contributed by atoms with E-state index in [2.05, 4.69) is 103 Å². The van der Waals surface area contributed by atoms with Gasteiger partial charge in [-0.2, -0.15) is 0 Å². The molecule has 1 heterocycles. The van der Waals surface area contributed by atoms with Crippen molar-refractivity contribution >= 4 is 29.8 Å². The van der Waals surface area contributed by atoms with Crippen molar-refractivity contribution in [2.24, 2.45) is 0 Å². The van der Waals surface area contributed by atoms with Gasteiger partial charge in [-0.3, -0.25) is 9.36 Å². The van der Waals surface area contributed by atoms with Crippen LogP contribution in [-0.4, -0.2) is 32.0 Å². The maximum absolute atomic E-state index is 12.3. The second kappa shape index (κ2) is 8.76. The molecular weight excluding hydrogens is 374 g/mol. The van der Waals surface area contributed by atoms with E-state index in [1.165, 1.54) is 15.6 Å². The molecule has 4 rings (SSSR count). The summed E-state index contributed by atoms with van der Waals surface area (Å²) in [7, 11) is -0.469. The fourth-order valence-corrected chi connectivity index (χ4v) is 9.36. The summed E-state index contributed by atoms with van der Waals surface area (Å²) >= 11 is 0. The van der Waals surface area contributed by atoms with Crippen LogP contribution in [0.5, 0.6) is 0 Å². The van der Waals surface area contributed by atoms with Crippen LogP contribution in [0.4, 0.5) is 0 Å². The predicted octanol–water partition coefficient (Wildman–Crippen LogP) is 3.03. The van der Waals surface area contributed by atoms with Crippen molar-refractivity contribution in [2.45, 2.75) is 31.9 Å². The zero-order chi connectivity index (χ0) is 20.1. The molecule has 0 aliphatic carbocycles. The van der Waals surface area contributed by atoms with Gasteiger partial charge in [-0.15, -0.1) is 0 Å². The predicted molar refractivity (Wildman–Crippen MR) is 120 cm³/mol. The van der Waals surface area contributed by atoms with E-state index in [0.29, 0.717) is 6.42 Å². The van der Waals surface area contributed by atoms with E-state index in [4.69, 9.17) is 4.74 Å². The Morgan fingerprint density at radius 3 is 1.66 bits per heavy atom. The lowest BCUT2D eigenvalue weighted by Gasteiger charge is -2.44. The number of ether oxygens (including phenoxy) is 1. The van der Waals surface area contributed by atoms with E-state index in [1.54, 1.807) is 0 Å². The van der Waals surface area contributed by atoms with E-state index in [-0.39, 0.29) is 12.2 Å². The van der Waals surface area contributed by atoms with Crippen molar-refractivity contribution in [1.29, 1.82) is 0 Å². The average molecular weight is 402 g/mol. The van der Waals surface area contributed by atoms with Crippen molar-refractivity contribution in [3.8, 4) is 0 Å². The molecule has 1 unspecified atom stereocenters. The molecule has 29 heavy (non-hydrogen) atoms. The number of carbonyl (C=O) groups excluding carboxylic acids is 1. The Balaban J connectivity index is 1.96. The SMILES string of the molecule is CN(C1CCCCC(=O)O1)[Si](c1ccccc1)(c1ccccc1)c1ccccc1. The van der Waals surface area contributed by atoms with Gasteiger partial charge in [0.05, 0.1) is 0 Å². The van der Waals surface area contributed by atoms with Gasteiger partial charge >= 0.3 is 5.97 Å². The van der Waals surface area contributed by atoms with Crippen LogP contribution in [0.1, 0.15) is 25.7 Å². The molecule has 0 spiro atoms. The highest BCUT2D eigenvalue weighted by atomic mass is 28.3. The van der Waals surface area contributed by atoms with Gasteiger partial charge in [0.1, 0.15) is 6.23 Å². The number of nitrogens with zero attached hydrogens (tertiary/aromatic N) is 1. The molecular formula is C25H27NO2Si. The van der Waals surface area contributed by atoms with Crippen LogP contribution in [-0.2, 0) is 9.53 Å². The van der Waals surface area contributed by atoms with Gasteiger partial charge in [-0.05, 0) is 41.9 Å². The van der Waals surface area contributed by atoms with E-state index >= 15 is 0 Å². The molecule has 1 aliphatic heterocycles. The van der Waals surface area contributed by atoms with Gasteiger partial charge in [-0.1, -0.05) is 91.0 Å². The summed E-state index contributed by atoms with van der Waals surface area (Å²) in [4.78, 5) is 12.3. The van der Waals surface area contributed by atoms with Crippen LogP contribution < -0.4 is 15.6 Å². The fraction of sp³-hybridized carbons (Fsp3) is 0.240. The Morgan fingerprint density at radius 1 is 0.759 bits per heavy atom. The monoisotopic (exact) mass is 401 g/mol. The molecule has 1 saturated heterocycles. The Labute approximate surface area is 174 Å². The van der Waals surface area contributed by atoms with Gasteiger partial charge < -0.3 is 4.74 Å². The van der Waals surface area contributed by atoms with E-state index in [0.717, 1.165) is 19.3 Å². The fourth-order valence-electron chi connectivity index (χ4n) is 4.50. The van der Waals surface area contributed by atoms with Gasteiger partial charge in [-0.25, -0.2) is 0 Å².